The summed E-state index contributed by atoms with van der Waals surface area (Å²) in [6.07, 6.45) is 5.29. The SMILES string of the molecule is CNC(=O)CCNCCCn1cccn1. The molecule has 0 bridgehead atoms. The largest absolute Gasteiger partial charge is 0.359 e. The van der Waals surface area contributed by atoms with E-state index in [1.54, 1.807) is 13.2 Å². The maximum absolute atomic E-state index is 10.9. The van der Waals surface area contributed by atoms with Gasteiger partial charge >= 0.3 is 0 Å². The van der Waals surface area contributed by atoms with Gasteiger partial charge in [-0.3, -0.25) is 9.48 Å². The molecule has 1 aromatic rings. The van der Waals surface area contributed by atoms with Gasteiger partial charge in [0.2, 0.25) is 5.91 Å². The molecule has 1 aromatic heterocycles. The Hall–Kier alpha value is -1.36. The first-order valence-electron chi connectivity index (χ1n) is 5.21. The van der Waals surface area contributed by atoms with Crippen molar-refractivity contribution >= 4 is 5.91 Å². The molecular formula is C10H18N4O. The fourth-order valence-corrected chi connectivity index (χ4v) is 1.25. The summed E-state index contributed by atoms with van der Waals surface area (Å²) in [5.41, 5.74) is 0. The minimum absolute atomic E-state index is 0.0783. The van der Waals surface area contributed by atoms with E-state index >= 15 is 0 Å². The molecule has 0 spiro atoms. The normalized spacial score (nSPS) is 10.2. The van der Waals surface area contributed by atoms with Crippen LogP contribution in [0.15, 0.2) is 18.5 Å². The lowest BCUT2D eigenvalue weighted by molar-refractivity contribution is -0.120. The lowest BCUT2D eigenvalue weighted by atomic mass is 10.3. The average Bonchev–Trinajstić information content (AvgIpc) is 2.75. The monoisotopic (exact) mass is 210 g/mol. The summed E-state index contributed by atoms with van der Waals surface area (Å²) < 4.78 is 1.90. The van der Waals surface area contributed by atoms with Crippen LogP contribution >= 0.6 is 0 Å². The van der Waals surface area contributed by atoms with Crippen LogP contribution < -0.4 is 10.6 Å². The molecule has 0 aliphatic heterocycles. The Morgan fingerprint density at radius 3 is 3.00 bits per heavy atom. The second-order valence-corrected chi connectivity index (χ2v) is 3.30. The number of carbonyl (C=O) groups is 1. The third kappa shape index (κ3) is 5.17. The molecule has 0 radical (unpaired) electrons. The molecule has 0 unspecified atom stereocenters. The molecule has 15 heavy (non-hydrogen) atoms. The third-order valence-corrected chi connectivity index (χ3v) is 2.11. The van der Waals surface area contributed by atoms with Gasteiger partial charge in [0.1, 0.15) is 0 Å². The van der Waals surface area contributed by atoms with Gasteiger partial charge in [0, 0.05) is 39.0 Å². The summed E-state index contributed by atoms with van der Waals surface area (Å²) in [5.74, 6) is 0.0783. The quantitative estimate of drug-likeness (QED) is 0.623. The van der Waals surface area contributed by atoms with Crippen LogP contribution in [0.1, 0.15) is 12.8 Å². The van der Waals surface area contributed by atoms with Crippen LogP contribution in [0.25, 0.3) is 0 Å². The van der Waals surface area contributed by atoms with Crippen molar-refractivity contribution in [2.45, 2.75) is 19.4 Å². The fraction of sp³-hybridized carbons (Fsp3) is 0.600. The predicted molar refractivity (Wildman–Crippen MR) is 58.4 cm³/mol. The van der Waals surface area contributed by atoms with Crippen LogP contribution in [-0.2, 0) is 11.3 Å². The van der Waals surface area contributed by atoms with Crippen molar-refractivity contribution < 1.29 is 4.79 Å². The number of rotatable bonds is 7. The maximum atomic E-state index is 10.9. The van der Waals surface area contributed by atoms with Crippen molar-refractivity contribution in [3.63, 3.8) is 0 Å². The summed E-state index contributed by atoms with van der Waals surface area (Å²) >= 11 is 0. The Labute approximate surface area is 89.9 Å². The highest BCUT2D eigenvalue weighted by molar-refractivity contribution is 5.75. The highest BCUT2D eigenvalue weighted by atomic mass is 16.1. The third-order valence-electron chi connectivity index (χ3n) is 2.11. The molecular weight excluding hydrogens is 192 g/mol. The highest BCUT2D eigenvalue weighted by Crippen LogP contribution is 1.87. The van der Waals surface area contributed by atoms with Gasteiger partial charge in [0.15, 0.2) is 0 Å². The molecule has 2 N–H and O–H groups in total. The van der Waals surface area contributed by atoms with E-state index in [4.69, 9.17) is 0 Å². The average molecular weight is 210 g/mol. The number of carbonyl (C=O) groups excluding carboxylic acids is 1. The van der Waals surface area contributed by atoms with Crippen molar-refractivity contribution in [2.75, 3.05) is 20.1 Å². The van der Waals surface area contributed by atoms with E-state index in [-0.39, 0.29) is 5.91 Å². The Morgan fingerprint density at radius 2 is 2.33 bits per heavy atom. The molecule has 0 aromatic carbocycles. The van der Waals surface area contributed by atoms with Gasteiger partial charge in [-0.25, -0.2) is 0 Å². The number of aryl methyl sites for hydroxylation is 1. The molecule has 5 heteroatoms. The minimum atomic E-state index is 0.0783. The van der Waals surface area contributed by atoms with E-state index < -0.39 is 0 Å². The van der Waals surface area contributed by atoms with Crippen LogP contribution in [0.3, 0.4) is 0 Å². The summed E-state index contributed by atoms with van der Waals surface area (Å²) in [5, 5.41) is 9.90. The number of hydrogen-bond acceptors (Lipinski definition) is 3. The van der Waals surface area contributed by atoms with E-state index in [0.29, 0.717) is 6.42 Å². The Bertz CT molecular complexity index is 271. The number of hydrogen-bond donors (Lipinski definition) is 2. The minimum Gasteiger partial charge on any atom is -0.359 e. The zero-order valence-electron chi connectivity index (χ0n) is 9.07. The van der Waals surface area contributed by atoms with Gasteiger partial charge in [-0.05, 0) is 19.0 Å². The smallest absolute Gasteiger partial charge is 0.221 e. The van der Waals surface area contributed by atoms with Crippen molar-refractivity contribution in [1.29, 1.82) is 0 Å². The summed E-state index contributed by atoms with van der Waals surface area (Å²) in [4.78, 5) is 10.9. The molecule has 84 valence electrons. The van der Waals surface area contributed by atoms with Crippen LogP contribution in [-0.4, -0.2) is 35.8 Å². The topological polar surface area (TPSA) is 59.0 Å². The van der Waals surface area contributed by atoms with Gasteiger partial charge in [-0.15, -0.1) is 0 Å². The lowest BCUT2D eigenvalue weighted by Crippen LogP contribution is -2.25. The first-order valence-corrected chi connectivity index (χ1v) is 5.21. The Balaban J connectivity index is 1.91. The first kappa shape index (κ1) is 11.7. The molecule has 1 rings (SSSR count). The van der Waals surface area contributed by atoms with E-state index in [9.17, 15) is 4.79 Å². The fourth-order valence-electron chi connectivity index (χ4n) is 1.25. The van der Waals surface area contributed by atoms with Crippen LogP contribution in [0.4, 0.5) is 0 Å². The summed E-state index contributed by atoms with van der Waals surface area (Å²) in [6, 6.07) is 1.92. The van der Waals surface area contributed by atoms with Gasteiger partial charge in [-0.1, -0.05) is 0 Å². The Morgan fingerprint density at radius 1 is 1.47 bits per heavy atom. The molecule has 0 saturated heterocycles. The standard InChI is InChI=1S/C10H18N4O/c1-11-10(15)4-7-12-5-2-8-14-9-3-6-13-14/h3,6,9,12H,2,4-5,7-8H2,1H3,(H,11,15). The first-order chi connectivity index (χ1) is 7.33. The summed E-state index contributed by atoms with van der Waals surface area (Å²) in [7, 11) is 1.65. The van der Waals surface area contributed by atoms with Crippen molar-refractivity contribution in [3.8, 4) is 0 Å². The number of amides is 1. The highest BCUT2D eigenvalue weighted by Gasteiger charge is 1.96. The molecule has 5 nitrogen and oxygen atoms in total. The van der Waals surface area contributed by atoms with Gasteiger partial charge in [-0.2, -0.15) is 5.10 Å². The maximum Gasteiger partial charge on any atom is 0.221 e. The molecule has 0 aliphatic rings. The van der Waals surface area contributed by atoms with Gasteiger partial charge in [0.05, 0.1) is 0 Å². The number of nitrogens with one attached hydrogen (secondary N) is 2. The molecule has 1 amide bonds. The van der Waals surface area contributed by atoms with Crippen LogP contribution in [0.5, 0.6) is 0 Å². The second kappa shape index (κ2) is 7.00. The number of aromatic nitrogens is 2. The Kier molecular flexibility index (Phi) is 5.47. The molecule has 0 fully saturated rings. The molecule has 1 heterocycles. The lowest BCUT2D eigenvalue weighted by Gasteiger charge is -2.04. The van der Waals surface area contributed by atoms with E-state index in [1.165, 1.54) is 0 Å². The second-order valence-electron chi connectivity index (χ2n) is 3.30. The van der Waals surface area contributed by atoms with E-state index in [2.05, 4.69) is 15.7 Å². The van der Waals surface area contributed by atoms with Crippen LogP contribution in [0.2, 0.25) is 0 Å². The molecule has 0 aliphatic carbocycles. The zero-order chi connectivity index (χ0) is 10.9. The van der Waals surface area contributed by atoms with Gasteiger partial charge in [0.25, 0.3) is 0 Å². The van der Waals surface area contributed by atoms with Crippen molar-refractivity contribution in [2.24, 2.45) is 0 Å². The zero-order valence-corrected chi connectivity index (χ0v) is 9.07. The van der Waals surface area contributed by atoms with Crippen molar-refractivity contribution in [1.82, 2.24) is 20.4 Å². The molecule has 0 atom stereocenters. The van der Waals surface area contributed by atoms with Crippen molar-refractivity contribution in [3.05, 3.63) is 18.5 Å². The van der Waals surface area contributed by atoms with Crippen LogP contribution in [0, 0.1) is 0 Å². The number of nitrogens with zero attached hydrogens (tertiary/aromatic N) is 2. The molecule has 0 saturated carbocycles. The van der Waals surface area contributed by atoms with E-state index in [1.807, 2.05) is 16.9 Å². The summed E-state index contributed by atoms with van der Waals surface area (Å²) in [6.45, 7) is 2.57. The van der Waals surface area contributed by atoms with E-state index in [0.717, 1.165) is 26.1 Å². The van der Waals surface area contributed by atoms with Gasteiger partial charge < -0.3 is 10.6 Å². The predicted octanol–water partition coefficient (Wildman–Crippen LogP) is -0.00110.